The van der Waals surface area contributed by atoms with Gasteiger partial charge in [0.2, 0.25) is 0 Å². The molecule has 0 saturated heterocycles. The van der Waals surface area contributed by atoms with E-state index in [1.54, 1.807) is 20.8 Å². The molecular formula is C8H27N3O4. The van der Waals surface area contributed by atoms with Gasteiger partial charge in [0.15, 0.2) is 0 Å². The number of carbonyl (C=O) groups excluding carboxylic acids is 1. The molecule has 0 aliphatic heterocycles. The highest BCUT2D eigenvalue weighted by molar-refractivity contribution is 5.77. The van der Waals surface area contributed by atoms with E-state index in [4.69, 9.17) is 10.2 Å². The summed E-state index contributed by atoms with van der Waals surface area (Å²) in [5.41, 5.74) is 0. The molecule has 0 amide bonds. The number of carboxylic acids is 1. The van der Waals surface area contributed by atoms with Crippen LogP contribution >= 0.6 is 0 Å². The second-order valence-corrected chi connectivity index (χ2v) is 1.40. The van der Waals surface area contributed by atoms with E-state index in [1.165, 1.54) is 6.08 Å². The van der Waals surface area contributed by atoms with Crippen LogP contribution in [0.3, 0.4) is 0 Å². The average molecular weight is 229 g/mol. The van der Waals surface area contributed by atoms with Crippen molar-refractivity contribution >= 4 is 5.97 Å². The molecule has 15 heavy (non-hydrogen) atoms. The third-order valence-electron chi connectivity index (χ3n) is 0.303. The Labute approximate surface area is 91.6 Å². The third kappa shape index (κ3) is 390. The van der Waals surface area contributed by atoms with Crippen LogP contribution in [0.2, 0.25) is 0 Å². The molecule has 0 unspecified atom stereocenters. The topological polar surface area (TPSA) is 196 Å². The summed E-state index contributed by atoms with van der Waals surface area (Å²) in [6.07, 6.45) is 2.38. The zero-order valence-corrected chi connectivity index (χ0v) is 10.7. The Morgan fingerprint density at radius 1 is 1.07 bits per heavy atom. The quantitative estimate of drug-likeness (QED) is 0.493. The lowest BCUT2D eigenvalue weighted by atomic mass is 10.5. The number of carbonyl (C=O) groups is 1. The van der Waals surface area contributed by atoms with Crippen LogP contribution in [0.15, 0.2) is 12.2 Å². The average Bonchev–Trinajstić information content (AvgIpc) is 1.89. The minimum Gasteiger partial charge on any atom is -0.855 e. The fraction of sp³-hybridized carbons (Fsp3) is 0.625. The van der Waals surface area contributed by atoms with Crippen LogP contribution in [0.1, 0.15) is 20.8 Å². The monoisotopic (exact) mass is 229 g/mol. The van der Waals surface area contributed by atoms with E-state index in [2.05, 4.69) is 0 Å². The Hall–Kier alpha value is -0.990. The zero-order chi connectivity index (χ0) is 10.4. The normalized spacial score (nSPS) is 6.20. The molecular weight excluding hydrogens is 202 g/mol. The summed E-state index contributed by atoms with van der Waals surface area (Å²) in [5, 5.41) is 27.3. The lowest BCUT2D eigenvalue weighted by Crippen LogP contribution is -2.18. The number of aliphatic carboxylic acids is 1. The maximum atomic E-state index is 9.40. The van der Waals surface area contributed by atoms with Crippen LogP contribution in [-0.2, 0) is 4.79 Å². The largest absolute Gasteiger partial charge is 0.855 e. The SMILES string of the molecule is C/C=C/C(=O)[O-].CC[O-].CC[O-].[NH4+].[NH4+].[NH4+]. The Kier molecular flexibility index (Phi) is 128. The molecule has 0 spiro atoms. The first-order chi connectivity index (χ1) is 5.60. The number of hydrogen-bond donors (Lipinski definition) is 3. The Morgan fingerprint density at radius 3 is 1.27 bits per heavy atom. The summed E-state index contributed by atoms with van der Waals surface area (Å²) in [7, 11) is 0. The van der Waals surface area contributed by atoms with Gasteiger partial charge in [-0.3, -0.25) is 0 Å². The van der Waals surface area contributed by atoms with E-state index < -0.39 is 5.97 Å². The van der Waals surface area contributed by atoms with Crippen LogP contribution < -0.4 is 33.8 Å². The summed E-state index contributed by atoms with van der Waals surface area (Å²) in [4.78, 5) is 9.40. The van der Waals surface area contributed by atoms with E-state index in [1.807, 2.05) is 0 Å². The smallest absolute Gasteiger partial charge is 0.0639 e. The number of carboxylic acid groups (broad SMARTS) is 1. The summed E-state index contributed by atoms with van der Waals surface area (Å²) in [6, 6.07) is 0. The molecule has 0 saturated carbocycles. The van der Waals surface area contributed by atoms with Crippen LogP contribution in [0, 0.1) is 0 Å². The predicted molar refractivity (Wildman–Crippen MR) is 58.9 cm³/mol. The maximum Gasteiger partial charge on any atom is 0.0639 e. The highest BCUT2D eigenvalue weighted by atomic mass is 16.4. The molecule has 0 atom stereocenters. The van der Waals surface area contributed by atoms with Crippen molar-refractivity contribution in [1.82, 2.24) is 18.5 Å². The zero-order valence-electron chi connectivity index (χ0n) is 10.7. The molecule has 0 aromatic carbocycles. The van der Waals surface area contributed by atoms with E-state index in [-0.39, 0.29) is 31.7 Å². The summed E-state index contributed by atoms with van der Waals surface area (Å²) < 4.78 is 0. The van der Waals surface area contributed by atoms with E-state index >= 15 is 0 Å². The van der Waals surface area contributed by atoms with Gasteiger partial charge in [-0.1, -0.05) is 19.9 Å². The van der Waals surface area contributed by atoms with Gasteiger partial charge in [-0.15, -0.1) is 13.2 Å². The van der Waals surface area contributed by atoms with Crippen molar-refractivity contribution in [2.45, 2.75) is 20.8 Å². The number of hydrogen-bond acceptors (Lipinski definition) is 4. The van der Waals surface area contributed by atoms with Gasteiger partial charge in [-0.05, 0) is 13.0 Å². The van der Waals surface area contributed by atoms with Crippen molar-refractivity contribution in [2.24, 2.45) is 0 Å². The highest BCUT2D eigenvalue weighted by Gasteiger charge is 1.61. The van der Waals surface area contributed by atoms with Crippen molar-refractivity contribution in [3.05, 3.63) is 12.2 Å². The standard InChI is InChI=1S/C4H6O2.2C2H5O.3H3N/c1-2-3-4(5)6;2*1-2-3;;;/h2-3H,1H3,(H,5,6);2*2H2,1H3;3*1H3/q;2*-1;;;/p+2/b3-2+;;;;;. The van der Waals surface area contributed by atoms with Gasteiger partial charge in [0.05, 0.1) is 5.97 Å². The number of quaternary nitrogens is 3. The molecule has 98 valence electrons. The lowest BCUT2D eigenvalue weighted by molar-refractivity contribution is -0.362. The molecule has 0 fully saturated rings. The third-order valence-corrected chi connectivity index (χ3v) is 0.303. The Bertz CT molecular complexity index is 108. The molecule has 0 heterocycles. The van der Waals surface area contributed by atoms with Crippen LogP contribution in [-0.4, -0.2) is 19.2 Å². The molecule has 0 aliphatic carbocycles. The van der Waals surface area contributed by atoms with Crippen LogP contribution in [0.25, 0.3) is 0 Å². The Morgan fingerprint density at radius 2 is 1.27 bits per heavy atom. The van der Waals surface area contributed by atoms with E-state index in [9.17, 15) is 9.90 Å². The van der Waals surface area contributed by atoms with Crippen molar-refractivity contribution < 1.29 is 20.1 Å². The van der Waals surface area contributed by atoms with Crippen molar-refractivity contribution in [1.29, 1.82) is 0 Å². The molecule has 0 aromatic heterocycles. The molecule has 0 radical (unpaired) electrons. The summed E-state index contributed by atoms with van der Waals surface area (Å²) >= 11 is 0. The molecule has 0 rings (SSSR count). The second kappa shape index (κ2) is 52.0. The lowest BCUT2D eigenvalue weighted by Gasteiger charge is -1.83. The van der Waals surface area contributed by atoms with Crippen LogP contribution in [0.5, 0.6) is 0 Å². The molecule has 7 heteroatoms. The van der Waals surface area contributed by atoms with Gasteiger partial charge in [0.1, 0.15) is 0 Å². The van der Waals surface area contributed by atoms with Gasteiger partial charge in [0.25, 0.3) is 0 Å². The van der Waals surface area contributed by atoms with Crippen LogP contribution in [0.4, 0.5) is 0 Å². The van der Waals surface area contributed by atoms with Gasteiger partial charge in [-0.2, -0.15) is 0 Å². The van der Waals surface area contributed by atoms with Crippen molar-refractivity contribution in [3.8, 4) is 0 Å². The first-order valence-corrected chi connectivity index (χ1v) is 3.60. The van der Waals surface area contributed by atoms with Gasteiger partial charge >= 0.3 is 0 Å². The first kappa shape index (κ1) is 37.0. The number of allylic oxidation sites excluding steroid dienone is 1. The van der Waals surface area contributed by atoms with Gasteiger partial charge in [-0.25, -0.2) is 0 Å². The maximum absolute atomic E-state index is 9.40. The molecule has 0 aromatic rings. The van der Waals surface area contributed by atoms with E-state index in [0.717, 1.165) is 6.08 Å². The second-order valence-electron chi connectivity index (χ2n) is 1.40. The molecule has 0 bridgehead atoms. The van der Waals surface area contributed by atoms with Gasteiger partial charge < -0.3 is 38.6 Å². The molecule has 12 N–H and O–H groups in total. The minimum atomic E-state index is -1.14. The number of rotatable bonds is 1. The molecule has 7 nitrogen and oxygen atoms in total. The van der Waals surface area contributed by atoms with Crippen molar-refractivity contribution in [2.75, 3.05) is 13.2 Å². The predicted octanol–water partition coefficient (Wildman–Crippen LogP) is -0.826. The van der Waals surface area contributed by atoms with Gasteiger partial charge in [0, 0.05) is 0 Å². The highest BCUT2D eigenvalue weighted by Crippen LogP contribution is 1.61. The van der Waals surface area contributed by atoms with E-state index in [0.29, 0.717) is 0 Å². The first-order valence-electron chi connectivity index (χ1n) is 3.60. The summed E-state index contributed by atoms with van der Waals surface area (Å²) in [5.74, 6) is -1.14. The fourth-order valence-corrected chi connectivity index (χ4v) is 0.136. The molecule has 0 aliphatic rings. The van der Waals surface area contributed by atoms with Crippen molar-refractivity contribution in [3.63, 3.8) is 0 Å². The fourth-order valence-electron chi connectivity index (χ4n) is 0.136. The Balaban J connectivity index is -0.0000000200. The minimum absolute atomic E-state index is 0. The summed E-state index contributed by atoms with van der Waals surface area (Å²) in [6.45, 7) is 4.76.